The molecule has 0 aliphatic rings. The van der Waals surface area contributed by atoms with Crippen LogP contribution in [0.1, 0.15) is 0 Å². The van der Waals surface area contributed by atoms with Crippen LogP contribution >= 0.6 is 0 Å². The molecule has 0 aliphatic heterocycles. The van der Waals surface area contributed by atoms with Crippen LogP contribution in [0.2, 0.25) is 0 Å². The monoisotopic (exact) mass is 1060 g/mol. The lowest BCUT2D eigenvalue weighted by molar-refractivity contribution is 0.426. The topological polar surface area (TPSA) is 70.6 Å². The Kier molecular flexibility index (Phi) is 13.5. The van der Waals surface area contributed by atoms with Gasteiger partial charge in [0.15, 0.2) is 0 Å². The molecule has 0 bridgehead atoms. The second-order valence-electron chi connectivity index (χ2n) is 21.0. The van der Waals surface area contributed by atoms with Crippen molar-refractivity contribution in [2.75, 3.05) is 0 Å². The molecule has 0 unspecified atom stereocenters. The normalized spacial score (nSPS) is 11.3. The molecule has 7 heteroatoms. The maximum Gasteiger partial charge on any atom is 0.489 e. The highest BCUT2D eigenvalue weighted by Gasteiger charge is 2.18. The predicted octanol–water partition coefficient (Wildman–Crippen LogP) is 16.8. The Morgan fingerprint density at radius 1 is 0.265 bits per heavy atom. The summed E-state index contributed by atoms with van der Waals surface area (Å²) in [5.74, 6) is 0. The van der Waals surface area contributed by atoms with E-state index in [4.69, 9.17) is 5.02 Å². The summed E-state index contributed by atoms with van der Waals surface area (Å²) in [4.78, 5) is 0. The number of rotatable bonds is 7. The van der Waals surface area contributed by atoms with Gasteiger partial charge in [-0.3, -0.25) is 0 Å². The van der Waals surface area contributed by atoms with Crippen molar-refractivity contribution in [1.29, 1.82) is 0 Å². The first-order valence-corrected chi connectivity index (χ1v) is 28.0. The highest BCUT2D eigenvalue weighted by atomic mass is 16.4. The molecule has 0 amide bonds. The van der Waals surface area contributed by atoms with E-state index in [9.17, 15) is 10.0 Å². The van der Waals surface area contributed by atoms with Gasteiger partial charge in [-0.25, -0.2) is 0 Å². The minimum Gasteiger partial charge on any atom is -0.450 e. The second-order valence-corrected chi connectivity index (χ2v) is 21.0. The van der Waals surface area contributed by atoms with E-state index >= 15 is 0 Å². The van der Waals surface area contributed by atoms with E-state index in [0.717, 1.165) is 40.1 Å². The number of fused-ring (bicyclic) bond motifs is 12. The minimum atomic E-state index is -1.44. The van der Waals surface area contributed by atoms with Crippen molar-refractivity contribution in [3.05, 3.63) is 303 Å². The van der Waals surface area contributed by atoms with Crippen molar-refractivity contribution < 1.29 is 15.1 Å². The molecule has 83 heavy (non-hydrogen) atoms. The van der Waals surface area contributed by atoms with Gasteiger partial charge in [0.2, 0.25) is 0 Å². The average molecular weight is 1060 g/mol. The summed E-state index contributed by atoms with van der Waals surface area (Å²) in [5, 5.41) is 42.3. The van der Waals surface area contributed by atoms with E-state index in [1.165, 1.54) is 104 Å². The Bertz CT molecular complexity index is 5040. The van der Waals surface area contributed by atoms with Crippen LogP contribution < -0.4 is 10.9 Å². The Morgan fingerprint density at radius 2 is 0.627 bits per heavy atom. The van der Waals surface area contributed by atoms with Crippen molar-refractivity contribution in [2.45, 2.75) is 0 Å². The van der Waals surface area contributed by atoms with E-state index in [2.05, 4.69) is 228 Å². The number of hydrogen-bond donors (Lipinski definition) is 3. The molecule has 0 saturated heterocycles. The lowest BCUT2D eigenvalue weighted by Crippen LogP contribution is -2.30. The minimum absolute atomic E-state index is 0.555. The van der Waals surface area contributed by atoms with Crippen LogP contribution in [-0.4, -0.2) is 38.8 Å². The fraction of sp³-hybridized carbons (Fsp3) is 0. The van der Waals surface area contributed by atoms with E-state index in [0.29, 0.717) is 5.46 Å². The Labute approximate surface area is 481 Å². The molecule has 0 spiro atoms. The molecule has 16 aromatic rings. The first kappa shape index (κ1) is 50.9. The number of benzene rings is 14. The zero-order valence-corrected chi connectivity index (χ0v) is 45.3. The molecular formula is C76H53B2N2O3. The Balaban J connectivity index is 0.000000121. The highest BCUT2D eigenvalue weighted by Crippen LogP contribution is 2.39. The zero-order valence-electron chi connectivity index (χ0n) is 45.3. The second kappa shape index (κ2) is 22.0. The molecule has 5 nitrogen and oxygen atoms in total. The van der Waals surface area contributed by atoms with Crippen LogP contribution in [0.15, 0.2) is 303 Å². The summed E-state index contributed by atoms with van der Waals surface area (Å²) in [7, 11) is -0.315. The van der Waals surface area contributed by atoms with Gasteiger partial charge >= 0.3 is 14.6 Å². The summed E-state index contributed by atoms with van der Waals surface area (Å²) in [5.41, 5.74) is 15.9. The van der Waals surface area contributed by atoms with Crippen molar-refractivity contribution in [1.82, 2.24) is 9.13 Å². The third-order valence-electron chi connectivity index (χ3n) is 16.1. The quantitative estimate of drug-likeness (QED) is 0.110. The lowest BCUT2D eigenvalue weighted by atomic mass is 9.76. The molecule has 2 aromatic heterocycles. The average Bonchev–Trinajstić information content (AvgIpc) is 3.43. The van der Waals surface area contributed by atoms with Gasteiger partial charge in [-0.05, 0) is 149 Å². The summed E-state index contributed by atoms with van der Waals surface area (Å²) < 4.78 is 4.68. The molecular weight excluding hydrogens is 1010 g/mol. The zero-order chi connectivity index (χ0) is 55.8. The number of nitrogens with zero attached hydrogens (tertiary/aromatic N) is 2. The molecule has 14 aromatic carbocycles. The SMILES string of the molecule is OB(O)c1cc2ccccc2c2ccccc12.O[B]c1ccc(-c2ccc3c(c2)c2ccccc2n3-c2ccccc2)cc1.c1ccc(-n2c3ccccc3c3cc(-c4ccc(-c5cc6ccccc6c6ccccc56)cc4)ccc32)cc1. The standard InChI is InChI=1S/C38H25N.C24H17BNO.C14H11BO2/c1-2-11-30(12-3-1)39-37-17-9-8-16-34(37)36-24-28(22-23-38(36)39)26-18-20-27(21-19-26)35-25-29-10-4-5-13-31(29)32-14-6-7-15-33(32)35;27-25-19-13-10-17(11-14-19)18-12-15-24-22(16-18)21-8-4-5-9-23(21)26(24)20-6-2-1-3-7-20;16-15(17)14-9-10-5-1-2-6-11(10)12-7-3-4-8-13(12)14/h1-25H;1-16,27H;1-9,16-17H. The molecule has 0 atom stereocenters. The van der Waals surface area contributed by atoms with Crippen LogP contribution in [0.4, 0.5) is 0 Å². The summed E-state index contributed by atoms with van der Waals surface area (Å²) in [6.45, 7) is 0. The largest absolute Gasteiger partial charge is 0.489 e. The smallest absolute Gasteiger partial charge is 0.450 e. The van der Waals surface area contributed by atoms with Gasteiger partial charge in [-0.15, -0.1) is 0 Å². The summed E-state index contributed by atoms with van der Waals surface area (Å²) in [6.07, 6.45) is 0. The van der Waals surface area contributed by atoms with Crippen LogP contribution in [0.5, 0.6) is 0 Å². The van der Waals surface area contributed by atoms with Gasteiger partial charge in [-0.1, -0.05) is 242 Å². The van der Waals surface area contributed by atoms with Crippen molar-refractivity contribution >= 4 is 112 Å². The van der Waals surface area contributed by atoms with E-state index in [-0.39, 0.29) is 0 Å². The third-order valence-corrected chi connectivity index (χ3v) is 16.1. The van der Waals surface area contributed by atoms with Gasteiger partial charge in [-0.2, -0.15) is 0 Å². The number of hydrogen-bond acceptors (Lipinski definition) is 3. The first-order chi connectivity index (χ1) is 41.0. The molecule has 0 saturated carbocycles. The van der Waals surface area contributed by atoms with E-state index < -0.39 is 7.12 Å². The molecule has 0 aliphatic carbocycles. The van der Waals surface area contributed by atoms with Gasteiger partial charge in [0, 0.05) is 32.9 Å². The summed E-state index contributed by atoms with van der Waals surface area (Å²) >= 11 is 0. The van der Waals surface area contributed by atoms with Crippen LogP contribution in [0.3, 0.4) is 0 Å². The molecule has 2 heterocycles. The van der Waals surface area contributed by atoms with Gasteiger partial charge in [0.05, 0.1) is 22.1 Å². The Morgan fingerprint density at radius 3 is 1.12 bits per heavy atom. The van der Waals surface area contributed by atoms with Crippen molar-refractivity contribution in [2.24, 2.45) is 0 Å². The fourth-order valence-electron chi connectivity index (χ4n) is 12.2. The van der Waals surface area contributed by atoms with Gasteiger partial charge in [0.1, 0.15) is 0 Å². The van der Waals surface area contributed by atoms with Gasteiger partial charge in [0.25, 0.3) is 0 Å². The molecule has 0 fully saturated rings. The maximum absolute atomic E-state index is 9.44. The molecule has 3 N–H and O–H groups in total. The molecule has 391 valence electrons. The Hall–Kier alpha value is -10.3. The first-order valence-electron chi connectivity index (χ1n) is 28.0. The fourth-order valence-corrected chi connectivity index (χ4v) is 12.2. The van der Waals surface area contributed by atoms with Gasteiger partial charge < -0.3 is 24.2 Å². The van der Waals surface area contributed by atoms with Crippen LogP contribution in [-0.2, 0) is 0 Å². The van der Waals surface area contributed by atoms with Crippen LogP contribution in [0, 0.1) is 0 Å². The molecule has 1 radical (unpaired) electrons. The van der Waals surface area contributed by atoms with Crippen LogP contribution in [0.25, 0.3) is 131 Å². The maximum atomic E-state index is 9.44. The van der Waals surface area contributed by atoms with E-state index in [1.807, 2.05) is 84.9 Å². The van der Waals surface area contributed by atoms with Crippen molar-refractivity contribution in [3.63, 3.8) is 0 Å². The van der Waals surface area contributed by atoms with Crippen molar-refractivity contribution in [3.8, 4) is 44.8 Å². The molecule has 16 rings (SSSR count). The summed E-state index contributed by atoms with van der Waals surface area (Å²) in [6, 6.07) is 106. The predicted molar refractivity (Wildman–Crippen MR) is 352 cm³/mol. The highest BCUT2D eigenvalue weighted by molar-refractivity contribution is 6.62. The van der Waals surface area contributed by atoms with E-state index in [1.54, 1.807) is 0 Å². The number of aromatic nitrogens is 2. The lowest BCUT2D eigenvalue weighted by Gasteiger charge is -2.12. The third kappa shape index (κ3) is 9.49. The number of para-hydroxylation sites is 4.